The lowest BCUT2D eigenvalue weighted by molar-refractivity contribution is -0.187. The lowest BCUT2D eigenvalue weighted by atomic mass is 10.0. The van der Waals surface area contributed by atoms with E-state index < -0.39 is 5.79 Å². The van der Waals surface area contributed by atoms with Crippen LogP contribution < -0.4 is 4.74 Å². The standard InChI is InChI=1S/C24H26Cl2N2O4/c1-29-21-6-2-18(3-7-21)8-9-24(16-28-11-10-27-17-28)31-15-22(32-24)14-30-13-19-4-5-20(25)12-23(19)26/h2-7,10-12,17,22H,8-9,13-16H2,1H3. The second-order valence-corrected chi connectivity index (χ2v) is 8.64. The molecule has 0 spiro atoms. The molecule has 0 N–H and O–H groups in total. The van der Waals surface area contributed by atoms with Gasteiger partial charge >= 0.3 is 0 Å². The van der Waals surface area contributed by atoms with Gasteiger partial charge in [0, 0.05) is 28.9 Å². The number of aromatic nitrogens is 2. The summed E-state index contributed by atoms with van der Waals surface area (Å²) in [5, 5.41) is 1.20. The maximum absolute atomic E-state index is 6.40. The average Bonchev–Trinajstić information content (AvgIpc) is 3.45. The van der Waals surface area contributed by atoms with E-state index in [2.05, 4.69) is 17.1 Å². The average molecular weight is 477 g/mol. The number of hydrogen-bond acceptors (Lipinski definition) is 5. The Morgan fingerprint density at radius 3 is 2.75 bits per heavy atom. The molecule has 0 bridgehead atoms. The molecule has 32 heavy (non-hydrogen) atoms. The van der Waals surface area contributed by atoms with Crippen LogP contribution in [-0.4, -0.2) is 41.8 Å². The molecule has 1 aliphatic rings. The summed E-state index contributed by atoms with van der Waals surface area (Å²) in [7, 11) is 1.67. The molecule has 1 aromatic heterocycles. The van der Waals surface area contributed by atoms with Crippen LogP contribution in [0.2, 0.25) is 10.0 Å². The van der Waals surface area contributed by atoms with Crippen LogP contribution in [0.1, 0.15) is 17.5 Å². The summed E-state index contributed by atoms with van der Waals surface area (Å²) in [5.74, 6) is 0.0975. The first-order chi connectivity index (χ1) is 15.5. The van der Waals surface area contributed by atoms with Crippen LogP contribution in [0, 0.1) is 0 Å². The van der Waals surface area contributed by atoms with Crippen molar-refractivity contribution in [1.82, 2.24) is 9.55 Å². The van der Waals surface area contributed by atoms with Gasteiger partial charge in [0.15, 0.2) is 5.79 Å². The molecule has 0 aliphatic carbocycles. The molecule has 1 aliphatic heterocycles. The Morgan fingerprint density at radius 1 is 1.19 bits per heavy atom. The van der Waals surface area contributed by atoms with E-state index in [4.69, 9.17) is 42.1 Å². The van der Waals surface area contributed by atoms with Crippen molar-refractivity contribution in [2.45, 2.75) is 37.9 Å². The third-order valence-corrected chi connectivity index (χ3v) is 6.01. The zero-order chi connectivity index (χ0) is 22.4. The number of imidazole rings is 1. The molecule has 2 unspecified atom stereocenters. The quantitative estimate of drug-likeness (QED) is 0.404. The van der Waals surface area contributed by atoms with Gasteiger partial charge in [0.25, 0.3) is 0 Å². The molecule has 2 aromatic carbocycles. The molecule has 1 fully saturated rings. The van der Waals surface area contributed by atoms with E-state index in [0.29, 0.717) is 42.8 Å². The molecular weight excluding hydrogens is 451 g/mol. The molecule has 4 rings (SSSR count). The lowest BCUT2D eigenvalue weighted by Gasteiger charge is -2.28. The summed E-state index contributed by atoms with van der Waals surface area (Å²) in [5.41, 5.74) is 2.08. The van der Waals surface area contributed by atoms with Crippen molar-refractivity contribution in [3.8, 4) is 5.75 Å². The van der Waals surface area contributed by atoms with Crippen LogP contribution in [0.3, 0.4) is 0 Å². The highest BCUT2D eigenvalue weighted by molar-refractivity contribution is 6.35. The second kappa shape index (κ2) is 10.7. The van der Waals surface area contributed by atoms with Gasteiger partial charge in [-0.1, -0.05) is 41.4 Å². The third kappa shape index (κ3) is 6.03. The van der Waals surface area contributed by atoms with E-state index in [1.807, 2.05) is 29.0 Å². The molecule has 0 radical (unpaired) electrons. The van der Waals surface area contributed by atoms with E-state index in [0.717, 1.165) is 17.7 Å². The molecule has 0 saturated carbocycles. The first-order valence-electron chi connectivity index (χ1n) is 10.5. The van der Waals surface area contributed by atoms with Crippen molar-refractivity contribution < 1.29 is 18.9 Å². The number of methoxy groups -OCH3 is 1. The summed E-state index contributed by atoms with van der Waals surface area (Å²) in [6, 6.07) is 13.4. The Kier molecular flexibility index (Phi) is 7.71. The van der Waals surface area contributed by atoms with Gasteiger partial charge in [-0.25, -0.2) is 4.98 Å². The van der Waals surface area contributed by atoms with Gasteiger partial charge in [-0.05, 0) is 41.8 Å². The highest BCUT2D eigenvalue weighted by Gasteiger charge is 2.41. The third-order valence-electron chi connectivity index (χ3n) is 5.43. The first kappa shape index (κ1) is 23.1. The number of rotatable bonds is 10. The molecule has 3 aromatic rings. The minimum atomic E-state index is -0.743. The van der Waals surface area contributed by atoms with Crippen molar-refractivity contribution in [1.29, 1.82) is 0 Å². The SMILES string of the molecule is COc1ccc(CCC2(Cn3ccnc3)OCC(COCc3ccc(Cl)cc3Cl)O2)cc1. The van der Waals surface area contributed by atoms with E-state index in [1.165, 1.54) is 5.56 Å². The van der Waals surface area contributed by atoms with Crippen LogP contribution in [0.4, 0.5) is 0 Å². The minimum Gasteiger partial charge on any atom is -0.497 e. The zero-order valence-electron chi connectivity index (χ0n) is 17.9. The van der Waals surface area contributed by atoms with Crippen LogP contribution in [0.25, 0.3) is 0 Å². The van der Waals surface area contributed by atoms with Gasteiger partial charge in [0.2, 0.25) is 0 Å². The fourth-order valence-corrected chi connectivity index (χ4v) is 4.18. The Hall–Kier alpha value is -2.09. The largest absolute Gasteiger partial charge is 0.497 e. The fraction of sp³-hybridized carbons (Fsp3) is 0.375. The number of hydrogen-bond donors (Lipinski definition) is 0. The minimum absolute atomic E-state index is 0.166. The van der Waals surface area contributed by atoms with Crippen molar-refractivity contribution in [3.63, 3.8) is 0 Å². The highest BCUT2D eigenvalue weighted by Crippen LogP contribution is 2.31. The van der Waals surface area contributed by atoms with Gasteiger partial charge < -0.3 is 23.5 Å². The van der Waals surface area contributed by atoms with Gasteiger partial charge in [-0.2, -0.15) is 0 Å². The zero-order valence-corrected chi connectivity index (χ0v) is 19.4. The Balaban J connectivity index is 1.36. The van der Waals surface area contributed by atoms with Gasteiger partial charge in [0.1, 0.15) is 11.9 Å². The van der Waals surface area contributed by atoms with E-state index in [9.17, 15) is 0 Å². The Labute approximate surface area is 198 Å². The fourth-order valence-electron chi connectivity index (χ4n) is 3.72. The number of nitrogens with zero attached hydrogens (tertiary/aromatic N) is 2. The number of halogens is 2. The molecule has 170 valence electrons. The summed E-state index contributed by atoms with van der Waals surface area (Å²) in [6.45, 7) is 1.82. The summed E-state index contributed by atoms with van der Waals surface area (Å²) in [6.07, 6.45) is 6.79. The smallest absolute Gasteiger partial charge is 0.187 e. The van der Waals surface area contributed by atoms with Crippen molar-refractivity contribution in [2.24, 2.45) is 0 Å². The summed E-state index contributed by atoms with van der Waals surface area (Å²) in [4.78, 5) is 4.14. The van der Waals surface area contributed by atoms with Crippen LogP contribution in [-0.2, 0) is 33.8 Å². The normalized spacial score (nSPS) is 20.5. The maximum atomic E-state index is 6.40. The van der Waals surface area contributed by atoms with Crippen molar-refractivity contribution in [3.05, 3.63) is 82.4 Å². The van der Waals surface area contributed by atoms with Crippen molar-refractivity contribution >= 4 is 23.2 Å². The lowest BCUT2D eigenvalue weighted by Crippen LogP contribution is -2.37. The molecule has 6 nitrogen and oxygen atoms in total. The van der Waals surface area contributed by atoms with Gasteiger partial charge in [-0.15, -0.1) is 0 Å². The van der Waals surface area contributed by atoms with Crippen LogP contribution in [0.5, 0.6) is 5.75 Å². The van der Waals surface area contributed by atoms with Crippen LogP contribution >= 0.6 is 23.2 Å². The highest BCUT2D eigenvalue weighted by atomic mass is 35.5. The maximum Gasteiger partial charge on any atom is 0.187 e. The predicted molar refractivity (Wildman–Crippen MR) is 123 cm³/mol. The van der Waals surface area contributed by atoms with E-state index >= 15 is 0 Å². The number of benzene rings is 2. The molecule has 1 saturated heterocycles. The predicted octanol–water partition coefficient (Wildman–Crippen LogP) is 5.16. The van der Waals surface area contributed by atoms with Crippen molar-refractivity contribution in [2.75, 3.05) is 20.3 Å². The van der Waals surface area contributed by atoms with Crippen LogP contribution in [0.15, 0.2) is 61.2 Å². The molecule has 2 heterocycles. The summed E-state index contributed by atoms with van der Waals surface area (Å²) >= 11 is 12.2. The molecular formula is C24H26Cl2N2O4. The second-order valence-electron chi connectivity index (χ2n) is 7.80. The van der Waals surface area contributed by atoms with Gasteiger partial charge in [-0.3, -0.25) is 0 Å². The molecule has 2 atom stereocenters. The van der Waals surface area contributed by atoms with Gasteiger partial charge in [0.05, 0.1) is 39.8 Å². The monoisotopic (exact) mass is 476 g/mol. The summed E-state index contributed by atoms with van der Waals surface area (Å²) < 4.78 is 25.7. The first-order valence-corrected chi connectivity index (χ1v) is 11.2. The number of aryl methyl sites for hydroxylation is 1. The van der Waals surface area contributed by atoms with E-state index in [1.54, 1.807) is 31.8 Å². The Morgan fingerprint density at radius 2 is 2.03 bits per heavy atom. The van der Waals surface area contributed by atoms with E-state index in [-0.39, 0.29) is 6.10 Å². The molecule has 8 heteroatoms. The molecule has 0 amide bonds. The Bertz CT molecular complexity index is 998. The topological polar surface area (TPSA) is 54.7 Å². The number of ether oxygens (including phenoxy) is 4.